The van der Waals surface area contributed by atoms with Gasteiger partial charge in [-0.2, -0.15) is 13.2 Å². The quantitative estimate of drug-likeness (QED) is 0.610. The first-order chi connectivity index (χ1) is 14.7. The van der Waals surface area contributed by atoms with E-state index in [1.54, 1.807) is 11.3 Å². The van der Waals surface area contributed by atoms with Gasteiger partial charge in [-0.15, -0.1) is 16.4 Å². The molecule has 0 spiro atoms. The average Bonchev–Trinajstić information content (AvgIpc) is 3.37. The van der Waals surface area contributed by atoms with Crippen molar-refractivity contribution in [1.29, 1.82) is 0 Å². The van der Waals surface area contributed by atoms with Crippen LogP contribution in [0.15, 0.2) is 35.8 Å². The number of carbonyl (C=O) groups is 1. The van der Waals surface area contributed by atoms with E-state index in [9.17, 15) is 13.2 Å². The number of benzene rings is 1. The monoisotopic (exact) mass is 455 g/mol. The van der Waals surface area contributed by atoms with Crippen molar-refractivity contribution in [2.45, 2.75) is 38.9 Å². The topological polar surface area (TPSA) is 102 Å². The van der Waals surface area contributed by atoms with Crippen LogP contribution in [0.2, 0.25) is 0 Å². The van der Waals surface area contributed by atoms with Crippen LogP contribution in [0.25, 0.3) is 11.3 Å². The first-order valence-electron chi connectivity index (χ1n) is 9.24. The summed E-state index contributed by atoms with van der Waals surface area (Å²) in [6, 6.07) is 8.33. The Labute approximate surface area is 179 Å². The van der Waals surface area contributed by atoms with Crippen LogP contribution in [-0.4, -0.2) is 49.9 Å². The highest BCUT2D eigenvalue weighted by atomic mass is 32.1. The Bertz CT molecular complexity index is 1010. The van der Waals surface area contributed by atoms with Gasteiger partial charge >= 0.3 is 12.1 Å². The number of ether oxygens (including phenoxy) is 1. The maximum atomic E-state index is 10.6. The minimum Gasteiger partial charge on any atom is -0.475 e. The summed E-state index contributed by atoms with van der Waals surface area (Å²) in [7, 11) is 0. The van der Waals surface area contributed by atoms with E-state index in [1.807, 2.05) is 22.3 Å². The van der Waals surface area contributed by atoms with Crippen LogP contribution in [0.1, 0.15) is 16.3 Å². The van der Waals surface area contributed by atoms with Gasteiger partial charge in [0.1, 0.15) is 10.7 Å². The molecule has 8 nitrogen and oxygen atoms in total. The van der Waals surface area contributed by atoms with E-state index < -0.39 is 12.1 Å². The third kappa shape index (κ3) is 6.32. The fourth-order valence-corrected chi connectivity index (χ4v) is 3.47. The zero-order chi connectivity index (χ0) is 22.4. The van der Waals surface area contributed by atoms with E-state index in [0.29, 0.717) is 6.61 Å². The first-order valence-corrected chi connectivity index (χ1v) is 10.1. The lowest BCUT2D eigenvalue weighted by molar-refractivity contribution is -0.192. The summed E-state index contributed by atoms with van der Waals surface area (Å²) in [5.74, 6) is -2.76. The second kappa shape index (κ2) is 9.98. The van der Waals surface area contributed by atoms with Crippen LogP contribution in [-0.2, 0) is 29.2 Å². The van der Waals surface area contributed by atoms with Crippen LogP contribution >= 0.6 is 11.3 Å². The molecular weight excluding hydrogens is 435 g/mol. The Balaban J connectivity index is 0.000000339. The number of fused-ring (bicyclic) bond motifs is 1. The molecule has 4 rings (SSSR count). The lowest BCUT2D eigenvalue weighted by Gasteiger charge is -2.24. The number of carboxylic acids is 1. The van der Waals surface area contributed by atoms with Gasteiger partial charge in [0.05, 0.1) is 24.9 Å². The molecule has 1 unspecified atom stereocenters. The van der Waals surface area contributed by atoms with E-state index >= 15 is 0 Å². The molecule has 1 aliphatic rings. The molecule has 2 aromatic heterocycles. The molecular formula is C19H20F3N5O3S. The lowest BCUT2D eigenvalue weighted by atomic mass is 10.1. The second-order valence-corrected chi connectivity index (χ2v) is 7.71. The highest BCUT2D eigenvalue weighted by Crippen LogP contribution is 2.25. The molecule has 3 aromatic rings. The van der Waals surface area contributed by atoms with E-state index in [2.05, 4.69) is 45.7 Å². The van der Waals surface area contributed by atoms with Crippen LogP contribution in [0.5, 0.6) is 0 Å². The molecule has 0 saturated heterocycles. The summed E-state index contributed by atoms with van der Waals surface area (Å²) in [6.07, 6.45) is -3.16. The van der Waals surface area contributed by atoms with E-state index in [4.69, 9.17) is 14.6 Å². The van der Waals surface area contributed by atoms with Gasteiger partial charge in [0.2, 0.25) is 0 Å². The molecule has 12 heteroatoms. The molecule has 2 N–H and O–H groups in total. The van der Waals surface area contributed by atoms with Gasteiger partial charge in [0.15, 0.2) is 0 Å². The number of halogens is 3. The summed E-state index contributed by atoms with van der Waals surface area (Å²) >= 11 is 1.66. The number of nitrogens with zero attached hydrogens (tertiary/aromatic N) is 4. The Morgan fingerprint density at radius 1 is 1.42 bits per heavy atom. The van der Waals surface area contributed by atoms with Crippen molar-refractivity contribution >= 4 is 17.3 Å². The Kier molecular flexibility index (Phi) is 7.36. The van der Waals surface area contributed by atoms with Gasteiger partial charge in [-0.05, 0) is 13.0 Å². The predicted molar refractivity (Wildman–Crippen MR) is 106 cm³/mol. The summed E-state index contributed by atoms with van der Waals surface area (Å²) in [5.41, 5.74) is 4.29. The summed E-state index contributed by atoms with van der Waals surface area (Å²) in [5, 5.41) is 22.3. The number of hydrogen-bond acceptors (Lipinski definition) is 7. The summed E-state index contributed by atoms with van der Waals surface area (Å²) < 4.78 is 39.7. The van der Waals surface area contributed by atoms with Crippen molar-refractivity contribution in [3.05, 3.63) is 52.1 Å². The number of rotatable bonds is 5. The highest BCUT2D eigenvalue weighted by molar-refractivity contribution is 7.09. The number of carboxylic acid groups (broad SMARTS) is 1. The number of aryl methyl sites for hydroxylation is 1. The Hall–Kier alpha value is -2.83. The molecule has 1 aromatic carbocycles. The smallest absolute Gasteiger partial charge is 0.475 e. The van der Waals surface area contributed by atoms with E-state index in [1.165, 1.54) is 5.56 Å². The molecule has 166 valence electrons. The first kappa shape index (κ1) is 22.8. The molecule has 0 bridgehead atoms. The molecule has 0 aliphatic carbocycles. The van der Waals surface area contributed by atoms with Gasteiger partial charge < -0.3 is 15.2 Å². The molecule has 31 heavy (non-hydrogen) atoms. The minimum atomic E-state index is -5.08. The fraction of sp³-hybridized carbons (Fsp3) is 0.368. The zero-order valence-corrected chi connectivity index (χ0v) is 17.3. The molecule has 1 aliphatic heterocycles. The lowest BCUT2D eigenvalue weighted by Crippen LogP contribution is -2.36. The van der Waals surface area contributed by atoms with Crippen LogP contribution in [0.3, 0.4) is 0 Å². The maximum absolute atomic E-state index is 10.6. The van der Waals surface area contributed by atoms with Crippen molar-refractivity contribution in [2.24, 2.45) is 0 Å². The van der Waals surface area contributed by atoms with Gasteiger partial charge in [-0.25, -0.2) is 14.5 Å². The zero-order valence-electron chi connectivity index (χ0n) is 16.5. The van der Waals surface area contributed by atoms with Gasteiger partial charge in [0.25, 0.3) is 0 Å². The van der Waals surface area contributed by atoms with Crippen molar-refractivity contribution in [1.82, 2.24) is 25.3 Å². The summed E-state index contributed by atoms with van der Waals surface area (Å²) in [4.78, 5) is 13.2. The van der Waals surface area contributed by atoms with Crippen molar-refractivity contribution in [3.63, 3.8) is 0 Å². The number of aliphatic carboxylic acids is 1. The average molecular weight is 455 g/mol. The molecule has 0 fully saturated rings. The SMILES string of the molecule is Cc1cccc(-c2nnn3c2COC(CNCc2nccs2)C3)c1.O=C(O)C(F)(F)F. The van der Waals surface area contributed by atoms with E-state index in [0.717, 1.165) is 41.6 Å². The minimum absolute atomic E-state index is 0.101. The third-order valence-electron chi connectivity index (χ3n) is 4.34. The Morgan fingerprint density at radius 2 is 2.19 bits per heavy atom. The number of alkyl halides is 3. The fourth-order valence-electron chi connectivity index (χ4n) is 2.89. The molecule has 0 saturated carbocycles. The maximum Gasteiger partial charge on any atom is 0.490 e. The molecule has 0 amide bonds. The highest BCUT2D eigenvalue weighted by Gasteiger charge is 2.38. The van der Waals surface area contributed by atoms with Crippen LogP contribution in [0, 0.1) is 6.92 Å². The largest absolute Gasteiger partial charge is 0.490 e. The number of aromatic nitrogens is 4. The van der Waals surface area contributed by atoms with Gasteiger partial charge in [-0.1, -0.05) is 29.0 Å². The van der Waals surface area contributed by atoms with Crippen molar-refractivity contribution in [3.8, 4) is 11.3 Å². The number of nitrogens with one attached hydrogen (secondary N) is 1. The summed E-state index contributed by atoms with van der Waals surface area (Å²) in [6.45, 7) is 4.90. The number of thiazole rings is 1. The van der Waals surface area contributed by atoms with Crippen molar-refractivity contribution in [2.75, 3.05) is 6.54 Å². The normalized spacial score (nSPS) is 15.7. The van der Waals surface area contributed by atoms with Crippen LogP contribution in [0.4, 0.5) is 13.2 Å². The van der Waals surface area contributed by atoms with E-state index in [-0.39, 0.29) is 6.10 Å². The molecule has 3 heterocycles. The van der Waals surface area contributed by atoms with Gasteiger partial charge in [0, 0.05) is 30.2 Å². The molecule has 1 atom stereocenters. The molecule has 0 radical (unpaired) electrons. The van der Waals surface area contributed by atoms with Gasteiger partial charge in [-0.3, -0.25) is 0 Å². The van der Waals surface area contributed by atoms with Crippen LogP contribution < -0.4 is 5.32 Å². The predicted octanol–water partition coefficient (Wildman–Crippen LogP) is 3.03. The standard InChI is InChI=1S/C17H19N5OS.C2HF3O2/c1-12-3-2-4-13(7-12)17-15-11-23-14(10-22(15)21-20-17)8-18-9-16-19-5-6-24-16;3-2(4,5)1(6)7/h2-7,14,18H,8-11H2,1H3;(H,6,7). The second-order valence-electron chi connectivity index (χ2n) is 6.73. The number of hydrogen-bond donors (Lipinski definition) is 2. The Morgan fingerprint density at radius 3 is 2.84 bits per heavy atom. The third-order valence-corrected chi connectivity index (χ3v) is 5.12. The van der Waals surface area contributed by atoms with Crippen molar-refractivity contribution < 1.29 is 27.8 Å².